The first-order valence-electron chi connectivity index (χ1n) is 10.1. The van der Waals surface area contributed by atoms with Gasteiger partial charge in [-0.1, -0.05) is 29.5 Å². The van der Waals surface area contributed by atoms with Crippen LogP contribution in [0.15, 0.2) is 63.9 Å². The van der Waals surface area contributed by atoms with Crippen LogP contribution in [0.4, 0.5) is 11.4 Å². The van der Waals surface area contributed by atoms with Crippen LogP contribution in [0, 0.1) is 10.1 Å². The number of hydrogen-bond donors (Lipinski definition) is 1. The van der Waals surface area contributed by atoms with Gasteiger partial charge in [0.05, 0.1) is 35.5 Å². The number of non-ortho nitro benzene ring substituents is 1. The summed E-state index contributed by atoms with van der Waals surface area (Å²) in [7, 11) is 2.10. The molecule has 2 heterocycles. The minimum atomic E-state index is -0.394. The van der Waals surface area contributed by atoms with Gasteiger partial charge in [-0.25, -0.2) is 4.99 Å². The molecular formula is C21H23N7O2S. The first-order chi connectivity index (χ1) is 15.0. The van der Waals surface area contributed by atoms with Gasteiger partial charge in [-0.2, -0.15) is 0 Å². The molecule has 1 N–H and O–H groups in total. The van der Waals surface area contributed by atoms with Crippen molar-refractivity contribution in [2.24, 2.45) is 15.3 Å². The Labute approximate surface area is 185 Å². The van der Waals surface area contributed by atoms with Gasteiger partial charge in [0.2, 0.25) is 0 Å². The van der Waals surface area contributed by atoms with Crippen LogP contribution in [-0.2, 0) is 0 Å². The maximum atomic E-state index is 11.1. The normalized spacial score (nSPS) is 19.9. The number of thiocarbonyl (C=S) groups is 1. The number of piperazine rings is 1. The molecule has 0 bridgehead atoms. The van der Waals surface area contributed by atoms with Gasteiger partial charge in [0.15, 0.2) is 5.11 Å². The number of likely N-dealkylation sites (N-methyl/N-ethyl adjacent to an activating group) is 1. The number of nitro groups is 1. The molecule has 2 aliphatic heterocycles. The second-order valence-corrected chi connectivity index (χ2v) is 8.00. The molecule has 1 saturated heterocycles. The van der Waals surface area contributed by atoms with Crippen LogP contribution in [0.25, 0.3) is 0 Å². The number of aliphatic imine (C=N–C) groups is 1. The Bertz CT molecular complexity index is 1030. The monoisotopic (exact) mass is 437 g/mol. The quantitative estimate of drug-likeness (QED) is 0.332. The van der Waals surface area contributed by atoms with Gasteiger partial charge in [0, 0.05) is 31.6 Å². The third kappa shape index (κ3) is 5.28. The molecule has 10 heteroatoms. The summed E-state index contributed by atoms with van der Waals surface area (Å²) in [4.78, 5) is 17.5. The van der Waals surface area contributed by atoms with E-state index < -0.39 is 4.92 Å². The SMILES string of the molecule is CN1CCN(N=Nc2ccc(C3=NC(=S)NC(c4cccc([N+](=O)[O-])c4)C3)cc2)CC1. The van der Waals surface area contributed by atoms with Crippen molar-refractivity contribution < 1.29 is 4.92 Å². The molecule has 0 saturated carbocycles. The predicted molar refractivity (Wildman–Crippen MR) is 123 cm³/mol. The molecule has 2 aromatic carbocycles. The topological polar surface area (TPSA) is 98.7 Å². The fourth-order valence-electron chi connectivity index (χ4n) is 3.55. The molecule has 0 radical (unpaired) electrons. The van der Waals surface area contributed by atoms with E-state index in [4.69, 9.17) is 12.2 Å². The average molecular weight is 438 g/mol. The molecule has 1 unspecified atom stereocenters. The second kappa shape index (κ2) is 9.27. The van der Waals surface area contributed by atoms with Gasteiger partial charge in [-0.15, -0.1) is 5.11 Å². The van der Waals surface area contributed by atoms with Crippen molar-refractivity contribution in [3.63, 3.8) is 0 Å². The van der Waals surface area contributed by atoms with E-state index in [-0.39, 0.29) is 11.7 Å². The van der Waals surface area contributed by atoms with Crippen LogP contribution in [0.3, 0.4) is 0 Å². The lowest BCUT2D eigenvalue weighted by atomic mass is 9.95. The van der Waals surface area contributed by atoms with Crippen molar-refractivity contribution in [2.45, 2.75) is 12.5 Å². The molecule has 160 valence electrons. The van der Waals surface area contributed by atoms with Crippen molar-refractivity contribution in [2.75, 3.05) is 33.2 Å². The first kappa shape index (κ1) is 21.0. The van der Waals surface area contributed by atoms with Crippen LogP contribution in [0.5, 0.6) is 0 Å². The summed E-state index contributed by atoms with van der Waals surface area (Å²) < 4.78 is 0. The minimum Gasteiger partial charge on any atom is -0.354 e. The second-order valence-electron chi connectivity index (χ2n) is 7.61. The summed E-state index contributed by atoms with van der Waals surface area (Å²) in [5.74, 6) is 0. The Morgan fingerprint density at radius 3 is 2.61 bits per heavy atom. The standard InChI is InChI=1S/C21H23N7O2S/c1-26-9-11-27(12-10-26)25-24-17-7-5-15(6-8-17)19-14-20(23-21(31)22-19)16-3-2-4-18(13-16)28(29)30/h2-8,13,20H,9-12,14H2,1H3,(H,23,31). The molecule has 0 spiro atoms. The Kier molecular flexibility index (Phi) is 6.28. The van der Waals surface area contributed by atoms with Crippen molar-refractivity contribution in [1.82, 2.24) is 15.2 Å². The van der Waals surface area contributed by atoms with Crippen LogP contribution in [-0.4, -0.2) is 58.9 Å². The molecule has 9 nitrogen and oxygen atoms in total. The van der Waals surface area contributed by atoms with E-state index in [2.05, 4.69) is 32.6 Å². The van der Waals surface area contributed by atoms with Gasteiger partial charge in [0.1, 0.15) is 0 Å². The van der Waals surface area contributed by atoms with Gasteiger partial charge in [-0.05, 0) is 42.5 Å². The van der Waals surface area contributed by atoms with Crippen LogP contribution in [0.1, 0.15) is 23.6 Å². The smallest absolute Gasteiger partial charge is 0.269 e. The first-order valence-corrected chi connectivity index (χ1v) is 10.5. The van der Waals surface area contributed by atoms with E-state index in [0.717, 1.165) is 48.7 Å². The lowest BCUT2D eigenvalue weighted by Crippen LogP contribution is -2.41. The highest BCUT2D eigenvalue weighted by Crippen LogP contribution is 2.27. The maximum absolute atomic E-state index is 11.1. The molecule has 4 rings (SSSR count). The molecular weight excluding hydrogens is 414 g/mol. The maximum Gasteiger partial charge on any atom is 0.269 e. The highest BCUT2D eigenvalue weighted by atomic mass is 32.1. The Morgan fingerprint density at radius 1 is 1.16 bits per heavy atom. The van der Waals surface area contributed by atoms with Crippen LogP contribution in [0.2, 0.25) is 0 Å². The molecule has 0 aromatic heterocycles. The lowest BCUT2D eigenvalue weighted by Gasteiger charge is -2.29. The van der Waals surface area contributed by atoms with Gasteiger partial charge in [-0.3, -0.25) is 15.1 Å². The van der Waals surface area contributed by atoms with Gasteiger partial charge < -0.3 is 10.2 Å². The van der Waals surface area contributed by atoms with E-state index in [9.17, 15) is 10.1 Å². The van der Waals surface area contributed by atoms with E-state index in [0.29, 0.717) is 11.5 Å². The van der Waals surface area contributed by atoms with Crippen molar-refractivity contribution in [1.29, 1.82) is 0 Å². The minimum absolute atomic E-state index is 0.0596. The fourth-order valence-corrected chi connectivity index (χ4v) is 3.81. The number of nitro benzene ring substituents is 1. The predicted octanol–water partition coefficient (Wildman–Crippen LogP) is 3.65. The van der Waals surface area contributed by atoms with Crippen molar-refractivity contribution in [3.05, 3.63) is 69.8 Å². The summed E-state index contributed by atoms with van der Waals surface area (Å²) in [6, 6.07) is 14.2. The van der Waals surface area contributed by atoms with E-state index in [1.165, 1.54) is 6.07 Å². The third-order valence-corrected chi connectivity index (χ3v) is 5.59. The molecule has 0 aliphatic carbocycles. The Balaban J connectivity index is 1.45. The number of rotatable bonds is 5. The Morgan fingerprint density at radius 2 is 1.90 bits per heavy atom. The lowest BCUT2D eigenvalue weighted by molar-refractivity contribution is -0.384. The van der Waals surface area contributed by atoms with Crippen molar-refractivity contribution in [3.8, 4) is 0 Å². The highest BCUT2D eigenvalue weighted by Gasteiger charge is 2.23. The molecule has 2 aliphatic rings. The number of nitrogens with one attached hydrogen (secondary N) is 1. The summed E-state index contributed by atoms with van der Waals surface area (Å²) >= 11 is 5.32. The third-order valence-electron chi connectivity index (χ3n) is 5.38. The largest absolute Gasteiger partial charge is 0.354 e. The number of nitrogens with zero attached hydrogens (tertiary/aromatic N) is 6. The number of benzene rings is 2. The molecule has 1 fully saturated rings. The van der Waals surface area contributed by atoms with Crippen LogP contribution >= 0.6 is 12.2 Å². The molecule has 1 atom stereocenters. The zero-order chi connectivity index (χ0) is 21.8. The summed E-state index contributed by atoms with van der Waals surface area (Å²) in [5, 5.41) is 25.3. The molecule has 0 amide bonds. The molecule has 31 heavy (non-hydrogen) atoms. The zero-order valence-electron chi connectivity index (χ0n) is 17.1. The molecule has 2 aromatic rings. The number of hydrogen-bond acceptors (Lipinski definition) is 6. The highest BCUT2D eigenvalue weighted by molar-refractivity contribution is 7.80. The average Bonchev–Trinajstić information content (AvgIpc) is 2.79. The van der Waals surface area contributed by atoms with Crippen LogP contribution < -0.4 is 5.32 Å². The van der Waals surface area contributed by atoms with Gasteiger partial charge >= 0.3 is 0 Å². The fraction of sp³-hybridized carbons (Fsp3) is 0.333. The van der Waals surface area contributed by atoms with E-state index in [1.54, 1.807) is 12.1 Å². The summed E-state index contributed by atoms with van der Waals surface area (Å²) in [5.41, 5.74) is 3.42. The van der Waals surface area contributed by atoms with Crippen molar-refractivity contribution >= 4 is 34.4 Å². The van der Waals surface area contributed by atoms with E-state index in [1.807, 2.05) is 35.3 Å². The summed E-state index contributed by atoms with van der Waals surface area (Å²) in [6.07, 6.45) is 0.573. The zero-order valence-corrected chi connectivity index (χ0v) is 18.0. The van der Waals surface area contributed by atoms with Gasteiger partial charge in [0.25, 0.3) is 5.69 Å². The summed E-state index contributed by atoms with van der Waals surface area (Å²) in [6.45, 7) is 3.71. The van der Waals surface area contributed by atoms with E-state index >= 15 is 0 Å². The Hall–Kier alpha value is -3.24.